The molecule has 114 valence electrons. The van der Waals surface area contributed by atoms with Gasteiger partial charge in [0, 0.05) is 36.7 Å². The normalized spacial score (nSPS) is 35.8. The van der Waals surface area contributed by atoms with Crippen molar-refractivity contribution in [1.82, 2.24) is 9.97 Å². The molecule has 4 rings (SSSR count). The van der Waals surface area contributed by atoms with Gasteiger partial charge in [-0.05, 0) is 38.0 Å². The Balaban J connectivity index is 1.56. The number of hydrogen-bond donors (Lipinski definition) is 1. The molecule has 0 bridgehead atoms. The first kappa shape index (κ1) is 13.5. The maximum atomic E-state index is 10.9. The highest BCUT2D eigenvalue weighted by Gasteiger charge is 2.48. The van der Waals surface area contributed by atoms with E-state index in [0.717, 1.165) is 38.2 Å². The number of anilines is 1. The summed E-state index contributed by atoms with van der Waals surface area (Å²) in [7, 11) is 0. The van der Waals surface area contributed by atoms with Gasteiger partial charge in [0.2, 0.25) is 0 Å². The van der Waals surface area contributed by atoms with Gasteiger partial charge in [-0.1, -0.05) is 13.3 Å². The van der Waals surface area contributed by atoms with Crippen LogP contribution in [0.2, 0.25) is 0 Å². The van der Waals surface area contributed by atoms with Gasteiger partial charge in [-0.2, -0.15) is 0 Å². The first-order valence-corrected chi connectivity index (χ1v) is 8.49. The Labute approximate surface area is 126 Å². The van der Waals surface area contributed by atoms with Crippen LogP contribution < -0.4 is 4.90 Å². The molecular formula is C17H25N3O. The number of aromatic nitrogens is 2. The Morgan fingerprint density at radius 1 is 1.29 bits per heavy atom. The molecule has 1 saturated heterocycles. The molecule has 4 heteroatoms. The zero-order valence-corrected chi connectivity index (χ0v) is 12.8. The van der Waals surface area contributed by atoms with Crippen LogP contribution in [0.25, 0.3) is 0 Å². The summed E-state index contributed by atoms with van der Waals surface area (Å²) < 4.78 is 0. The van der Waals surface area contributed by atoms with Crippen molar-refractivity contribution in [2.45, 2.75) is 57.0 Å². The van der Waals surface area contributed by atoms with Gasteiger partial charge in [-0.3, -0.25) is 0 Å². The van der Waals surface area contributed by atoms with Gasteiger partial charge >= 0.3 is 0 Å². The van der Waals surface area contributed by atoms with Crippen LogP contribution in [0.15, 0.2) is 12.4 Å². The Hall–Kier alpha value is -1.16. The summed E-state index contributed by atoms with van der Waals surface area (Å²) in [6.45, 7) is 4.13. The lowest BCUT2D eigenvalue weighted by Gasteiger charge is -2.40. The fourth-order valence-electron chi connectivity index (χ4n) is 4.39. The summed E-state index contributed by atoms with van der Waals surface area (Å²) in [6, 6.07) is 2.18. The van der Waals surface area contributed by atoms with Crippen LogP contribution in [0.1, 0.15) is 57.1 Å². The molecule has 0 amide bonds. The number of nitrogens with zero attached hydrogens (tertiary/aromatic N) is 3. The van der Waals surface area contributed by atoms with Crippen molar-refractivity contribution in [3.8, 4) is 0 Å². The number of aliphatic hydroxyl groups is 1. The van der Waals surface area contributed by atoms with Crippen molar-refractivity contribution >= 4 is 5.82 Å². The zero-order chi connectivity index (χ0) is 14.4. The summed E-state index contributed by atoms with van der Waals surface area (Å²) in [4.78, 5) is 11.3. The summed E-state index contributed by atoms with van der Waals surface area (Å²) >= 11 is 0. The average molecular weight is 287 g/mol. The molecule has 2 aliphatic carbocycles. The van der Waals surface area contributed by atoms with Crippen molar-refractivity contribution in [2.75, 3.05) is 18.0 Å². The molecule has 1 N–H and O–H groups in total. The molecule has 3 atom stereocenters. The van der Waals surface area contributed by atoms with E-state index in [1.165, 1.54) is 25.0 Å². The van der Waals surface area contributed by atoms with Gasteiger partial charge < -0.3 is 10.0 Å². The van der Waals surface area contributed by atoms with Crippen molar-refractivity contribution < 1.29 is 5.11 Å². The number of fused-ring (bicyclic) bond motifs is 1. The zero-order valence-electron chi connectivity index (χ0n) is 12.8. The molecule has 0 radical (unpaired) electrons. The second-order valence-electron chi connectivity index (χ2n) is 7.20. The molecule has 1 aromatic heterocycles. The second-order valence-corrected chi connectivity index (χ2v) is 7.20. The Morgan fingerprint density at radius 2 is 2.14 bits per heavy atom. The number of hydrogen-bond acceptors (Lipinski definition) is 4. The minimum atomic E-state index is -0.454. The largest absolute Gasteiger partial charge is 0.390 e. The molecule has 0 spiro atoms. The van der Waals surface area contributed by atoms with E-state index in [1.807, 2.05) is 0 Å². The lowest BCUT2D eigenvalue weighted by Crippen LogP contribution is -2.44. The Morgan fingerprint density at radius 3 is 2.90 bits per heavy atom. The standard InChI is InChI=1S/C17H25N3O/c1-2-17(21)7-3-4-13-9-20(10-14(13)17)16-8-15(12-5-6-12)18-11-19-16/h8,11-14,21H,2-7,9-10H2,1H3/t13-,14+,17-/m0/s1. The van der Waals surface area contributed by atoms with Crippen LogP contribution >= 0.6 is 0 Å². The van der Waals surface area contributed by atoms with Crippen LogP contribution in [0, 0.1) is 11.8 Å². The van der Waals surface area contributed by atoms with Gasteiger partial charge in [0.15, 0.2) is 0 Å². The fraction of sp³-hybridized carbons (Fsp3) is 0.765. The fourth-order valence-corrected chi connectivity index (χ4v) is 4.39. The van der Waals surface area contributed by atoms with E-state index in [1.54, 1.807) is 6.33 Å². The van der Waals surface area contributed by atoms with Gasteiger partial charge in [0.1, 0.15) is 12.1 Å². The number of rotatable bonds is 3. The molecule has 1 aliphatic heterocycles. The molecule has 21 heavy (non-hydrogen) atoms. The van der Waals surface area contributed by atoms with Crippen LogP contribution in [0.4, 0.5) is 5.82 Å². The highest BCUT2D eigenvalue weighted by Crippen LogP contribution is 2.45. The topological polar surface area (TPSA) is 49.2 Å². The predicted molar refractivity (Wildman–Crippen MR) is 82.3 cm³/mol. The Bertz CT molecular complexity index is 531. The lowest BCUT2D eigenvalue weighted by atomic mass is 9.69. The minimum absolute atomic E-state index is 0.413. The van der Waals surface area contributed by atoms with E-state index < -0.39 is 5.60 Å². The monoisotopic (exact) mass is 287 g/mol. The maximum Gasteiger partial charge on any atom is 0.132 e. The van der Waals surface area contributed by atoms with E-state index >= 15 is 0 Å². The van der Waals surface area contributed by atoms with E-state index in [9.17, 15) is 5.11 Å². The SMILES string of the molecule is CC[C@]1(O)CCC[C@H]2CN(c3cc(C4CC4)ncn3)C[C@H]21. The minimum Gasteiger partial charge on any atom is -0.390 e. The van der Waals surface area contributed by atoms with E-state index in [0.29, 0.717) is 17.8 Å². The molecule has 4 nitrogen and oxygen atoms in total. The average Bonchev–Trinajstić information content (AvgIpc) is 3.27. The van der Waals surface area contributed by atoms with Crippen LogP contribution in [0.5, 0.6) is 0 Å². The van der Waals surface area contributed by atoms with E-state index in [-0.39, 0.29) is 0 Å². The highest BCUT2D eigenvalue weighted by molar-refractivity contribution is 5.42. The molecule has 3 fully saturated rings. The van der Waals surface area contributed by atoms with Crippen LogP contribution in [-0.4, -0.2) is 33.8 Å². The smallest absolute Gasteiger partial charge is 0.132 e. The third kappa shape index (κ3) is 2.33. The van der Waals surface area contributed by atoms with Crippen LogP contribution in [-0.2, 0) is 0 Å². The molecule has 2 saturated carbocycles. The summed E-state index contributed by atoms with van der Waals surface area (Å²) in [6.07, 6.45) is 8.53. The van der Waals surface area contributed by atoms with Gasteiger partial charge in [0.25, 0.3) is 0 Å². The molecule has 0 unspecified atom stereocenters. The summed E-state index contributed by atoms with van der Waals surface area (Å²) in [5.41, 5.74) is 0.755. The van der Waals surface area contributed by atoms with E-state index in [2.05, 4.69) is 27.9 Å². The first-order chi connectivity index (χ1) is 10.2. The predicted octanol–water partition coefficient (Wildman–Crippen LogP) is 2.73. The van der Waals surface area contributed by atoms with E-state index in [4.69, 9.17) is 0 Å². The van der Waals surface area contributed by atoms with Crippen molar-refractivity contribution in [3.05, 3.63) is 18.1 Å². The van der Waals surface area contributed by atoms with Crippen molar-refractivity contribution in [1.29, 1.82) is 0 Å². The summed E-state index contributed by atoms with van der Waals surface area (Å²) in [5.74, 6) is 2.78. The summed E-state index contributed by atoms with van der Waals surface area (Å²) in [5, 5.41) is 10.9. The van der Waals surface area contributed by atoms with Crippen molar-refractivity contribution in [3.63, 3.8) is 0 Å². The lowest BCUT2D eigenvalue weighted by molar-refractivity contribution is -0.0597. The van der Waals surface area contributed by atoms with Gasteiger partial charge in [0.05, 0.1) is 5.60 Å². The van der Waals surface area contributed by atoms with Gasteiger partial charge in [-0.25, -0.2) is 9.97 Å². The third-order valence-electron chi connectivity index (χ3n) is 5.92. The quantitative estimate of drug-likeness (QED) is 0.928. The molecule has 0 aromatic carbocycles. The molecule has 2 heterocycles. The maximum absolute atomic E-state index is 10.9. The molecular weight excluding hydrogens is 262 g/mol. The van der Waals surface area contributed by atoms with Crippen molar-refractivity contribution in [2.24, 2.45) is 11.8 Å². The Kier molecular flexibility index (Phi) is 3.18. The van der Waals surface area contributed by atoms with Gasteiger partial charge in [-0.15, -0.1) is 0 Å². The first-order valence-electron chi connectivity index (χ1n) is 8.49. The highest BCUT2D eigenvalue weighted by atomic mass is 16.3. The van der Waals surface area contributed by atoms with Crippen LogP contribution in [0.3, 0.4) is 0 Å². The third-order valence-corrected chi connectivity index (χ3v) is 5.92. The molecule has 3 aliphatic rings. The second kappa shape index (κ2) is 4.94. The molecule has 1 aromatic rings.